The topological polar surface area (TPSA) is 52.6 Å². The predicted octanol–water partition coefficient (Wildman–Crippen LogP) is 6.64. The smallest absolute Gasteiger partial charge is 0.309 e. The second-order valence-electron chi connectivity index (χ2n) is 11.7. The Bertz CT molecular complexity index is 1220. The SMILES string of the molecule is CC(CP(c1ccccc1)c1ccccc1)C(=O)OCC(C)(C)COC(=O)C(C)CP(c1ccccc1)c1ccccc1. The second-order valence-corrected chi connectivity index (χ2v) is 16.3. The van der Waals surface area contributed by atoms with Crippen molar-refractivity contribution >= 4 is 49.0 Å². The zero-order chi connectivity index (χ0) is 30.7. The average Bonchev–Trinajstić information content (AvgIpc) is 3.05. The van der Waals surface area contributed by atoms with Crippen molar-refractivity contribution in [3.8, 4) is 0 Å². The molecule has 2 atom stereocenters. The van der Waals surface area contributed by atoms with E-state index in [-0.39, 0.29) is 37.0 Å². The Hall–Kier alpha value is -3.32. The maximum atomic E-state index is 13.1. The van der Waals surface area contributed by atoms with Crippen LogP contribution in [-0.2, 0) is 19.1 Å². The number of hydrogen-bond donors (Lipinski definition) is 0. The van der Waals surface area contributed by atoms with Crippen molar-refractivity contribution in [1.29, 1.82) is 0 Å². The van der Waals surface area contributed by atoms with Gasteiger partial charge in [0.2, 0.25) is 0 Å². The summed E-state index contributed by atoms with van der Waals surface area (Å²) in [6, 6.07) is 41.5. The molecule has 0 spiro atoms. The molecule has 0 heterocycles. The molecule has 0 saturated carbocycles. The van der Waals surface area contributed by atoms with Crippen LogP contribution in [0.2, 0.25) is 0 Å². The number of carbonyl (C=O) groups excluding carboxylic acids is 2. The zero-order valence-corrected chi connectivity index (χ0v) is 27.3. The molecule has 4 aromatic rings. The van der Waals surface area contributed by atoms with Crippen molar-refractivity contribution in [2.45, 2.75) is 27.7 Å². The summed E-state index contributed by atoms with van der Waals surface area (Å²) in [4.78, 5) is 26.2. The maximum absolute atomic E-state index is 13.1. The molecular weight excluding hydrogens is 570 g/mol. The second kappa shape index (κ2) is 15.9. The number of esters is 2. The standard InChI is InChI=1S/C37H42O4P2/c1-29(25-42(31-17-9-5-10-18-31)32-19-11-6-12-20-32)35(38)40-27-37(3,4)28-41-36(39)30(2)26-43(33-21-13-7-14-22-33)34-23-15-8-16-24-34/h5-24,29-30H,25-28H2,1-4H3. The van der Waals surface area contributed by atoms with Crippen LogP contribution < -0.4 is 21.2 Å². The first-order valence-corrected chi connectivity index (χ1v) is 17.9. The van der Waals surface area contributed by atoms with Gasteiger partial charge in [-0.25, -0.2) is 0 Å². The van der Waals surface area contributed by atoms with Crippen LogP contribution in [-0.4, -0.2) is 37.5 Å². The third kappa shape index (κ3) is 9.85. The first-order chi connectivity index (χ1) is 20.7. The van der Waals surface area contributed by atoms with Crippen LogP contribution in [0.1, 0.15) is 27.7 Å². The van der Waals surface area contributed by atoms with Gasteiger partial charge in [0.15, 0.2) is 0 Å². The Morgan fingerprint density at radius 2 is 0.791 bits per heavy atom. The molecule has 0 fully saturated rings. The van der Waals surface area contributed by atoms with E-state index in [9.17, 15) is 9.59 Å². The summed E-state index contributed by atoms with van der Waals surface area (Å²) in [6.45, 7) is 8.18. The van der Waals surface area contributed by atoms with E-state index in [0.717, 1.165) is 0 Å². The largest absolute Gasteiger partial charge is 0.465 e. The van der Waals surface area contributed by atoms with Gasteiger partial charge in [-0.1, -0.05) is 149 Å². The fourth-order valence-corrected chi connectivity index (χ4v) is 9.67. The van der Waals surface area contributed by atoms with Crippen LogP contribution in [0.4, 0.5) is 0 Å². The highest BCUT2D eigenvalue weighted by Crippen LogP contribution is 2.37. The highest BCUT2D eigenvalue weighted by molar-refractivity contribution is 7.73. The summed E-state index contributed by atoms with van der Waals surface area (Å²) in [6.07, 6.45) is 1.42. The van der Waals surface area contributed by atoms with Crippen molar-refractivity contribution in [3.63, 3.8) is 0 Å². The van der Waals surface area contributed by atoms with E-state index in [1.54, 1.807) is 0 Å². The summed E-state index contributed by atoms with van der Waals surface area (Å²) < 4.78 is 11.6. The maximum Gasteiger partial charge on any atom is 0.309 e. The van der Waals surface area contributed by atoms with Gasteiger partial charge in [-0.05, 0) is 49.4 Å². The Morgan fingerprint density at radius 1 is 0.535 bits per heavy atom. The van der Waals surface area contributed by atoms with Gasteiger partial charge in [0, 0.05) is 5.41 Å². The third-order valence-electron chi connectivity index (χ3n) is 7.20. The van der Waals surface area contributed by atoms with Crippen molar-refractivity contribution in [2.75, 3.05) is 25.5 Å². The van der Waals surface area contributed by atoms with Crippen LogP contribution in [0.25, 0.3) is 0 Å². The molecule has 0 bridgehead atoms. The lowest BCUT2D eigenvalue weighted by atomic mass is 9.96. The summed E-state index contributed by atoms with van der Waals surface area (Å²) in [5, 5.41) is 4.97. The number of carbonyl (C=O) groups is 2. The van der Waals surface area contributed by atoms with Crippen LogP contribution in [0.3, 0.4) is 0 Å². The molecule has 0 aliphatic carbocycles. The summed E-state index contributed by atoms with van der Waals surface area (Å²) >= 11 is 0. The highest BCUT2D eigenvalue weighted by Gasteiger charge is 2.29. The van der Waals surface area contributed by atoms with Gasteiger partial charge < -0.3 is 9.47 Å². The van der Waals surface area contributed by atoms with Crippen molar-refractivity contribution in [3.05, 3.63) is 121 Å². The van der Waals surface area contributed by atoms with Gasteiger partial charge in [-0.15, -0.1) is 0 Å². The summed E-state index contributed by atoms with van der Waals surface area (Å²) in [5.74, 6) is -0.966. The monoisotopic (exact) mass is 612 g/mol. The van der Waals surface area contributed by atoms with Crippen LogP contribution in [0.15, 0.2) is 121 Å². The minimum atomic E-state index is -0.694. The fourth-order valence-electron chi connectivity index (χ4n) is 4.71. The zero-order valence-electron chi connectivity index (χ0n) is 25.6. The molecule has 4 nitrogen and oxygen atoms in total. The van der Waals surface area contributed by atoms with Crippen LogP contribution in [0, 0.1) is 17.3 Å². The molecule has 2 unspecified atom stereocenters. The molecule has 0 aliphatic rings. The van der Waals surface area contributed by atoms with E-state index >= 15 is 0 Å². The Kier molecular flexibility index (Phi) is 12.1. The van der Waals surface area contributed by atoms with Crippen molar-refractivity contribution in [1.82, 2.24) is 0 Å². The predicted molar refractivity (Wildman–Crippen MR) is 182 cm³/mol. The molecule has 0 aliphatic heterocycles. The third-order valence-corrected chi connectivity index (χ3v) is 12.7. The Labute approximate surface area is 259 Å². The van der Waals surface area contributed by atoms with E-state index in [1.165, 1.54) is 21.2 Å². The van der Waals surface area contributed by atoms with Gasteiger partial charge in [-0.3, -0.25) is 9.59 Å². The molecule has 0 saturated heterocycles. The van der Waals surface area contributed by atoms with Gasteiger partial charge in [0.1, 0.15) is 0 Å². The molecule has 4 rings (SSSR count). The molecule has 43 heavy (non-hydrogen) atoms. The molecule has 0 aromatic heterocycles. The van der Waals surface area contributed by atoms with E-state index < -0.39 is 21.3 Å². The van der Waals surface area contributed by atoms with Crippen molar-refractivity contribution in [2.24, 2.45) is 17.3 Å². The highest BCUT2D eigenvalue weighted by atomic mass is 31.1. The molecule has 224 valence electrons. The lowest BCUT2D eigenvalue weighted by Gasteiger charge is -2.27. The van der Waals surface area contributed by atoms with E-state index in [0.29, 0.717) is 12.3 Å². The molecule has 4 aromatic carbocycles. The van der Waals surface area contributed by atoms with Gasteiger partial charge in [0.05, 0.1) is 25.0 Å². The minimum absolute atomic E-state index is 0.188. The van der Waals surface area contributed by atoms with Crippen LogP contribution in [0.5, 0.6) is 0 Å². The molecule has 0 amide bonds. The van der Waals surface area contributed by atoms with Gasteiger partial charge in [-0.2, -0.15) is 0 Å². The fraction of sp³-hybridized carbons (Fsp3) is 0.297. The molecular formula is C37H42O4P2. The van der Waals surface area contributed by atoms with Crippen LogP contribution >= 0.6 is 15.8 Å². The molecule has 0 radical (unpaired) electrons. The van der Waals surface area contributed by atoms with Gasteiger partial charge in [0.25, 0.3) is 0 Å². The Balaban J connectivity index is 1.30. The quantitative estimate of drug-likeness (QED) is 0.118. The lowest BCUT2D eigenvalue weighted by molar-refractivity contribution is -0.156. The average molecular weight is 613 g/mol. The van der Waals surface area contributed by atoms with E-state index in [4.69, 9.17) is 9.47 Å². The lowest BCUT2D eigenvalue weighted by Crippen LogP contribution is -2.32. The summed E-state index contributed by atoms with van der Waals surface area (Å²) in [7, 11) is -1.39. The first kappa shape index (κ1) is 32.6. The van der Waals surface area contributed by atoms with Gasteiger partial charge >= 0.3 is 11.9 Å². The number of ether oxygens (including phenoxy) is 2. The Morgan fingerprint density at radius 3 is 1.05 bits per heavy atom. The number of benzene rings is 4. The summed E-state index contributed by atoms with van der Waals surface area (Å²) in [5.41, 5.74) is -0.502. The number of hydrogen-bond acceptors (Lipinski definition) is 4. The minimum Gasteiger partial charge on any atom is -0.465 e. The molecule has 6 heteroatoms. The number of rotatable bonds is 14. The normalized spacial score (nSPS) is 13.0. The van der Waals surface area contributed by atoms with E-state index in [1.807, 2.05) is 100 Å². The first-order valence-electron chi connectivity index (χ1n) is 14.8. The van der Waals surface area contributed by atoms with E-state index in [2.05, 4.69) is 48.5 Å². The van der Waals surface area contributed by atoms with Crippen molar-refractivity contribution < 1.29 is 19.1 Å². The molecule has 0 N–H and O–H groups in total.